The first-order valence-corrected chi connectivity index (χ1v) is 4.44. The van der Waals surface area contributed by atoms with Crippen LogP contribution in [0.4, 0.5) is 0 Å². The largest absolute Gasteiger partial charge is 0.324 e. The maximum Gasteiger partial charge on any atom is 0.0537 e. The molecule has 0 saturated carbocycles. The van der Waals surface area contributed by atoms with Gasteiger partial charge in [-0.1, -0.05) is 6.92 Å². The van der Waals surface area contributed by atoms with Gasteiger partial charge in [0.05, 0.1) is 6.20 Å². The van der Waals surface area contributed by atoms with Crippen LogP contribution in [0.5, 0.6) is 0 Å². The van der Waals surface area contributed by atoms with Crippen LogP contribution in [-0.2, 0) is 0 Å². The van der Waals surface area contributed by atoms with Crippen molar-refractivity contribution >= 4 is 0 Å². The number of aromatic nitrogens is 2. The molecule has 1 heterocycles. The SMILES string of the molecule is CCC(N)c1cnn(C(C)C)c1. The van der Waals surface area contributed by atoms with Crippen LogP contribution in [0, 0.1) is 0 Å². The lowest BCUT2D eigenvalue weighted by Crippen LogP contribution is -2.07. The maximum atomic E-state index is 5.85. The van der Waals surface area contributed by atoms with Gasteiger partial charge in [0.25, 0.3) is 0 Å². The summed E-state index contributed by atoms with van der Waals surface area (Å²) in [7, 11) is 0. The molecule has 0 saturated heterocycles. The van der Waals surface area contributed by atoms with Crippen molar-refractivity contribution in [2.45, 2.75) is 39.3 Å². The molecule has 3 heteroatoms. The van der Waals surface area contributed by atoms with E-state index in [4.69, 9.17) is 5.73 Å². The van der Waals surface area contributed by atoms with Crippen LogP contribution >= 0.6 is 0 Å². The summed E-state index contributed by atoms with van der Waals surface area (Å²) >= 11 is 0. The second-order valence-corrected chi connectivity index (χ2v) is 3.36. The first kappa shape index (κ1) is 9.26. The average molecular weight is 167 g/mol. The van der Waals surface area contributed by atoms with Crippen molar-refractivity contribution in [1.29, 1.82) is 0 Å². The molecule has 68 valence electrons. The zero-order valence-electron chi connectivity index (χ0n) is 7.99. The van der Waals surface area contributed by atoms with Crippen LogP contribution < -0.4 is 5.73 Å². The van der Waals surface area contributed by atoms with Gasteiger partial charge in [-0.3, -0.25) is 4.68 Å². The van der Waals surface area contributed by atoms with Crippen LogP contribution in [0.3, 0.4) is 0 Å². The molecule has 1 aromatic heterocycles. The van der Waals surface area contributed by atoms with Crippen LogP contribution in [0.25, 0.3) is 0 Å². The molecular weight excluding hydrogens is 150 g/mol. The number of hydrogen-bond donors (Lipinski definition) is 1. The highest BCUT2D eigenvalue weighted by molar-refractivity contribution is 5.09. The lowest BCUT2D eigenvalue weighted by atomic mass is 10.1. The Kier molecular flexibility index (Phi) is 2.87. The van der Waals surface area contributed by atoms with Gasteiger partial charge in [-0.2, -0.15) is 5.10 Å². The fraction of sp³-hybridized carbons (Fsp3) is 0.667. The van der Waals surface area contributed by atoms with Crippen molar-refractivity contribution in [3.05, 3.63) is 18.0 Å². The molecule has 0 aliphatic heterocycles. The minimum atomic E-state index is 0.137. The summed E-state index contributed by atoms with van der Waals surface area (Å²) in [6, 6.07) is 0.556. The Balaban J connectivity index is 2.77. The van der Waals surface area contributed by atoms with E-state index in [-0.39, 0.29) is 6.04 Å². The molecular formula is C9H17N3. The summed E-state index contributed by atoms with van der Waals surface area (Å²) in [6.07, 6.45) is 4.84. The van der Waals surface area contributed by atoms with E-state index in [0.717, 1.165) is 12.0 Å². The Morgan fingerprint density at radius 3 is 2.67 bits per heavy atom. The predicted molar refractivity (Wildman–Crippen MR) is 49.8 cm³/mol. The van der Waals surface area contributed by atoms with Gasteiger partial charge in [-0.15, -0.1) is 0 Å². The third kappa shape index (κ3) is 1.85. The van der Waals surface area contributed by atoms with E-state index >= 15 is 0 Å². The Morgan fingerprint density at radius 1 is 1.58 bits per heavy atom. The Labute approximate surface area is 73.6 Å². The van der Waals surface area contributed by atoms with Gasteiger partial charge in [-0.25, -0.2) is 0 Å². The molecule has 0 radical (unpaired) electrons. The zero-order valence-corrected chi connectivity index (χ0v) is 7.99. The third-order valence-corrected chi connectivity index (χ3v) is 2.02. The number of nitrogens with two attached hydrogens (primary N) is 1. The summed E-state index contributed by atoms with van der Waals surface area (Å²) in [6.45, 7) is 6.29. The molecule has 1 unspecified atom stereocenters. The summed E-state index contributed by atoms with van der Waals surface area (Å²) in [5, 5.41) is 4.22. The smallest absolute Gasteiger partial charge is 0.0537 e. The van der Waals surface area contributed by atoms with Crippen molar-refractivity contribution in [2.24, 2.45) is 5.73 Å². The van der Waals surface area contributed by atoms with Gasteiger partial charge in [-0.05, 0) is 20.3 Å². The molecule has 3 nitrogen and oxygen atoms in total. The fourth-order valence-electron chi connectivity index (χ4n) is 1.06. The van der Waals surface area contributed by atoms with E-state index < -0.39 is 0 Å². The highest BCUT2D eigenvalue weighted by atomic mass is 15.3. The highest BCUT2D eigenvalue weighted by Gasteiger charge is 2.06. The minimum absolute atomic E-state index is 0.137. The van der Waals surface area contributed by atoms with Crippen LogP contribution in [0.2, 0.25) is 0 Å². The Morgan fingerprint density at radius 2 is 2.25 bits per heavy atom. The Bertz CT molecular complexity index is 240. The summed E-state index contributed by atoms with van der Waals surface area (Å²) in [4.78, 5) is 0. The molecule has 0 aromatic carbocycles. The van der Waals surface area contributed by atoms with E-state index in [1.165, 1.54) is 0 Å². The van der Waals surface area contributed by atoms with E-state index in [0.29, 0.717) is 6.04 Å². The molecule has 0 bridgehead atoms. The molecule has 0 aliphatic rings. The lowest BCUT2D eigenvalue weighted by molar-refractivity contribution is 0.531. The first-order valence-electron chi connectivity index (χ1n) is 4.44. The van der Waals surface area contributed by atoms with Crippen molar-refractivity contribution in [1.82, 2.24) is 9.78 Å². The molecule has 0 fully saturated rings. The molecule has 1 atom stereocenters. The maximum absolute atomic E-state index is 5.85. The Hall–Kier alpha value is -0.830. The quantitative estimate of drug-likeness (QED) is 0.747. The monoisotopic (exact) mass is 167 g/mol. The number of nitrogens with zero attached hydrogens (tertiary/aromatic N) is 2. The van der Waals surface area contributed by atoms with Gasteiger partial charge in [0.2, 0.25) is 0 Å². The minimum Gasteiger partial charge on any atom is -0.324 e. The van der Waals surface area contributed by atoms with E-state index in [1.54, 1.807) is 0 Å². The molecule has 1 rings (SSSR count). The van der Waals surface area contributed by atoms with Gasteiger partial charge in [0.1, 0.15) is 0 Å². The molecule has 0 amide bonds. The second-order valence-electron chi connectivity index (χ2n) is 3.36. The number of rotatable bonds is 3. The zero-order chi connectivity index (χ0) is 9.14. The lowest BCUT2D eigenvalue weighted by Gasteiger charge is -2.05. The molecule has 1 aromatic rings. The van der Waals surface area contributed by atoms with E-state index in [9.17, 15) is 0 Å². The second kappa shape index (κ2) is 3.72. The molecule has 0 spiro atoms. The van der Waals surface area contributed by atoms with E-state index in [1.807, 2.05) is 17.1 Å². The van der Waals surface area contributed by atoms with Crippen LogP contribution in [0.15, 0.2) is 12.4 Å². The summed E-state index contributed by atoms with van der Waals surface area (Å²) < 4.78 is 1.94. The van der Waals surface area contributed by atoms with Crippen molar-refractivity contribution in [3.63, 3.8) is 0 Å². The predicted octanol–water partition coefficient (Wildman–Crippen LogP) is 1.87. The van der Waals surface area contributed by atoms with Crippen molar-refractivity contribution < 1.29 is 0 Å². The summed E-state index contributed by atoms with van der Waals surface area (Å²) in [5.74, 6) is 0. The van der Waals surface area contributed by atoms with E-state index in [2.05, 4.69) is 25.9 Å². The molecule has 2 N–H and O–H groups in total. The van der Waals surface area contributed by atoms with Crippen LogP contribution in [-0.4, -0.2) is 9.78 Å². The van der Waals surface area contributed by atoms with Gasteiger partial charge in [0.15, 0.2) is 0 Å². The molecule has 12 heavy (non-hydrogen) atoms. The van der Waals surface area contributed by atoms with Gasteiger partial charge >= 0.3 is 0 Å². The van der Waals surface area contributed by atoms with Gasteiger partial charge < -0.3 is 5.73 Å². The fourth-order valence-corrected chi connectivity index (χ4v) is 1.06. The normalized spacial score (nSPS) is 13.8. The standard InChI is InChI=1S/C9H17N3/c1-4-9(10)8-5-11-12(6-8)7(2)3/h5-7,9H,4,10H2,1-3H3. The molecule has 0 aliphatic carbocycles. The van der Waals surface area contributed by atoms with Gasteiger partial charge in [0, 0.05) is 23.8 Å². The van der Waals surface area contributed by atoms with Crippen LogP contribution in [0.1, 0.15) is 44.8 Å². The van der Waals surface area contributed by atoms with Crippen molar-refractivity contribution in [3.8, 4) is 0 Å². The van der Waals surface area contributed by atoms with Crippen molar-refractivity contribution in [2.75, 3.05) is 0 Å². The first-order chi connectivity index (χ1) is 5.65. The average Bonchev–Trinajstić information content (AvgIpc) is 2.51. The third-order valence-electron chi connectivity index (χ3n) is 2.02. The summed E-state index contributed by atoms with van der Waals surface area (Å²) in [5.41, 5.74) is 6.99. The topological polar surface area (TPSA) is 43.8 Å². The number of hydrogen-bond acceptors (Lipinski definition) is 2. The highest BCUT2D eigenvalue weighted by Crippen LogP contribution is 2.13.